The Morgan fingerprint density at radius 3 is 2.63 bits per heavy atom. The topological polar surface area (TPSA) is 45.8 Å². The molecule has 19 heavy (non-hydrogen) atoms. The normalized spacial score (nSPS) is 19.1. The van der Waals surface area contributed by atoms with E-state index in [9.17, 15) is 4.79 Å². The lowest BCUT2D eigenvalue weighted by Crippen LogP contribution is -2.25. The molecular weight excluding hydrogens is 324 g/mol. The molecule has 2 rings (SSSR count). The summed E-state index contributed by atoms with van der Waals surface area (Å²) in [4.78, 5) is 18.7. The highest BCUT2D eigenvalue weighted by Gasteiger charge is 2.30. The Kier molecular flexibility index (Phi) is 5.51. The van der Waals surface area contributed by atoms with Gasteiger partial charge >= 0.3 is 0 Å². The Morgan fingerprint density at radius 1 is 1.37 bits per heavy atom. The smallest absolute Gasteiger partial charge is 0.251 e. The zero-order valence-corrected chi connectivity index (χ0v) is 13.8. The number of aryl methyl sites for hydroxylation is 1. The quantitative estimate of drug-likeness (QED) is 0.390. The first-order chi connectivity index (χ1) is 9.13. The van der Waals surface area contributed by atoms with E-state index in [-0.39, 0.29) is 5.56 Å². The van der Waals surface area contributed by atoms with E-state index in [0.29, 0.717) is 5.41 Å². The average Bonchev–Trinajstić information content (AvgIpc) is 2.61. The molecule has 0 unspecified atom stereocenters. The summed E-state index contributed by atoms with van der Waals surface area (Å²) in [6.45, 7) is 1.87. The van der Waals surface area contributed by atoms with Crippen LogP contribution in [0.2, 0.25) is 0 Å². The summed E-state index contributed by atoms with van der Waals surface area (Å²) in [6.07, 6.45) is 7.92. The van der Waals surface area contributed by atoms with Crippen molar-refractivity contribution < 1.29 is 0 Å². The fourth-order valence-corrected chi connectivity index (χ4v) is 4.87. The number of rotatable bonds is 4. The average molecular weight is 345 g/mol. The SMILES string of the molecule is Cc1cc(=O)[nH]c(SCC2(CBr)CCCCCC2)n1. The molecule has 0 radical (unpaired) electrons. The molecule has 5 heteroatoms. The van der Waals surface area contributed by atoms with Crippen molar-refractivity contribution in [3.05, 3.63) is 22.1 Å². The Labute approximate surface area is 127 Å². The highest BCUT2D eigenvalue weighted by atomic mass is 79.9. The summed E-state index contributed by atoms with van der Waals surface area (Å²) in [6, 6.07) is 1.54. The summed E-state index contributed by atoms with van der Waals surface area (Å²) in [5.74, 6) is 1.03. The third kappa shape index (κ3) is 4.35. The number of H-pyrrole nitrogens is 1. The van der Waals surface area contributed by atoms with Gasteiger partial charge in [0.05, 0.1) is 0 Å². The molecule has 1 aromatic rings. The van der Waals surface area contributed by atoms with Crippen LogP contribution in [-0.2, 0) is 0 Å². The molecule has 1 aliphatic carbocycles. The lowest BCUT2D eigenvalue weighted by Gasteiger charge is -2.30. The maximum Gasteiger partial charge on any atom is 0.251 e. The lowest BCUT2D eigenvalue weighted by atomic mass is 9.85. The maximum atomic E-state index is 11.4. The molecule has 1 saturated carbocycles. The number of hydrogen-bond acceptors (Lipinski definition) is 3. The summed E-state index contributed by atoms with van der Waals surface area (Å²) < 4.78 is 0. The van der Waals surface area contributed by atoms with Crippen molar-refractivity contribution in [2.24, 2.45) is 5.41 Å². The van der Waals surface area contributed by atoms with Crippen molar-refractivity contribution >= 4 is 27.7 Å². The van der Waals surface area contributed by atoms with Gasteiger partial charge in [-0.25, -0.2) is 4.98 Å². The second kappa shape index (κ2) is 6.93. The molecule has 0 amide bonds. The van der Waals surface area contributed by atoms with Crippen LogP contribution in [0.25, 0.3) is 0 Å². The zero-order valence-electron chi connectivity index (χ0n) is 11.4. The number of thioether (sulfide) groups is 1. The largest absolute Gasteiger partial charge is 0.301 e. The molecule has 3 nitrogen and oxygen atoms in total. The molecule has 0 atom stereocenters. The van der Waals surface area contributed by atoms with Crippen LogP contribution in [0.15, 0.2) is 16.0 Å². The van der Waals surface area contributed by atoms with Crippen molar-refractivity contribution in [1.82, 2.24) is 9.97 Å². The predicted molar refractivity (Wildman–Crippen MR) is 84.2 cm³/mol. The second-order valence-corrected chi connectivity index (χ2v) is 7.05. The second-order valence-electron chi connectivity index (χ2n) is 5.53. The maximum absolute atomic E-state index is 11.4. The van der Waals surface area contributed by atoms with Crippen molar-refractivity contribution in [2.75, 3.05) is 11.1 Å². The number of aromatic amines is 1. The number of aromatic nitrogens is 2. The van der Waals surface area contributed by atoms with Gasteiger partial charge in [0.2, 0.25) is 0 Å². The molecular formula is C14H21BrN2OS. The fraction of sp³-hybridized carbons (Fsp3) is 0.714. The zero-order chi connectivity index (χ0) is 13.7. The van der Waals surface area contributed by atoms with Crippen molar-refractivity contribution in [3.63, 3.8) is 0 Å². The number of hydrogen-bond donors (Lipinski definition) is 1. The molecule has 0 bridgehead atoms. The van der Waals surface area contributed by atoms with Crippen LogP contribution >= 0.6 is 27.7 Å². The Morgan fingerprint density at radius 2 is 2.05 bits per heavy atom. The Bertz CT molecular complexity index is 467. The standard InChI is InChI=1S/C14H21BrN2OS/c1-11-8-12(18)17-13(16-11)19-10-14(9-15)6-4-2-3-5-7-14/h8H,2-7,9-10H2,1H3,(H,16,17,18). The van der Waals surface area contributed by atoms with Crippen LogP contribution in [0, 0.1) is 12.3 Å². The van der Waals surface area contributed by atoms with E-state index in [0.717, 1.165) is 21.9 Å². The minimum atomic E-state index is -0.0521. The van der Waals surface area contributed by atoms with E-state index >= 15 is 0 Å². The van der Waals surface area contributed by atoms with Crippen LogP contribution in [0.4, 0.5) is 0 Å². The van der Waals surface area contributed by atoms with Gasteiger partial charge in [-0.15, -0.1) is 0 Å². The Hall–Kier alpha value is -0.290. The van der Waals surface area contributed by atoms with Crippen molar-refractivity contribution in [3.8, 4) is 0 Å². The molecule has 0 spiro atoms. The van der Waals surface area contributed by atoms with E-state index in [2.05, 4.69) is 25.9 Å². The monoisotopic (exact) mass is 344 g/mol. The number of nitrogens with zero attached hydrogens (tertiary/aromatic N) is 1. The van der Waals surface area contributed by atoms with Gasteiger partial charge in [-0.05, 0) is 25.2 Å². The summed E-state index contributed by atoms with van der Waals surface area (Å²) in [5.41, 5.74) is 1.10. The van der Waals surface area contributed by atoms with Crippen LogP contribution < -0.4 is 5.56 Å². The number of alkyl halides is 1. The van der Waals surface area contributed by atoms with Crippen molar-refractivity contribution in [1.29, 1.82) is 0 Å². The summed E-state index contributed by atoms with van der Waals surface area (Å²) in [7, 11) is 0. The third-order valence-corrected chi connectivity index (χ3v) is 6.22. The van der Waals surface area contributed by atoms with Gasteiger partial charge in [0.1, 0.15) is 0 Å². The molecule has 0 aromatic carbocycles. The van der Waals surface area contributed by atoms with Gasteiger partial charge in [0.15, 0.2) is 5.16 Å². The molecule has 0 aliphatic heterocycles. The molecule has 1 heterocycles. The molecule has 1 N–H and O–H groups in total. The lowest BCUT2D eigenvalue weighted by molar-refractivity contribution is 0.334. The van der Waals surface area contributed by atoms with Gasteiger partial charge in [-0.2, -0.15) is 0 Å². The molecule has 1 aromatic heterocycles. The van der Waals surface area contributed by atoms with Crippen LogP contribution in [0.3, 0.4) is 0 Å². The fourth-order valence-electron chi connectivity index (χ4n) is 2.64. The molecule has 0 saturated heterocycles. The molecule has 1 aliphatic rings. The van der Waals surface area contributed by atoms with E-state index in [1.54, 1.807) is 11.8 Å². The number of halogens is 1. The summed E-state index contributed by atoms with van der Waals surface area (Å²) in [5, 5.41) is 1.80. The van der Waals surface area contributed by atoms with Gasteiger partial charge in [-0.3, -0.25) is 4.79 Å². The molecule has 106 valence electrons. The third-order valence-electron chi connectivity index (χ3n) is 3.81. The van der Waals surface area contributed by atoms with Gasteiger partial charge in [0, 0.05) is 22.8 Å². The van der Waals surface area contributed by atoms with Crippen molar-refractivity contribution in [2.45, 2.75) is 50.6 Å². The van der Waals surface area contributed by atoms with Gasteiger partial charge in [-0.1, -0.05) is 53.4 Å². The number of nitrogens with one attached hydrogen (secondary N) is 1. The van der Waals surface area contributed by atoms with E-state index < -0.39 is 0 Å². The first-order valence-electron chi connectivity index (χ1n) is 6.90. The minimum absolute atomic E-state index is 0.0521. The van der Waals surface area contributed by atoms with E-state index in [1.807, 2.05) is 6.92 Å². The van der Waals surface area contributed by atoms with Crippen LogP contribution in [0.5, 0.6) is 0 Å². The first-order valence-corrected chi connectivity index (χ1v) is 9.01. The highest BCUT2D eigenvalue weighted by molar-refractivity contribution is 9.09. The first kappa shape index (κ1) is 15.1. The van der Waals surface area contributed by atoms with Gasteiger partial charge < -0.3 is 4.98 Å². The van der Waals surface area contributed by atoms with Crippen LogP contribution in [0.1, 0.15) is 44.2 Å². The molecule has 1 fully saturated rings. The summed E-state index contributed by atoms with van der Waals surface area (Å²) >= 11 is 5.39. The van der Waals surface area contributed by atoms with E-state index in [4.69, 9.17) is 0 Å². The van der Waals surface area contributed by atoms with Gasteiger partial charge in [0.25, 0.3) is 5.56 Å². The predicted octanol–water partition coefficient (Wildman–Crippen LogP) is 3.91. The van der Waals surface area contributed by atoms with Crippen LogP contribution in [-0.4, -0.2) is 21.1 Å². The van der Waals surface area contributed by atoms with E-state index in [1.165, 1.54) is 44.6 Å². The minimum Gasteiger partial charge on any atom is -0.301 e. The Balaban J connectivity index is 2.04. The highest BCUT2D eigenvalue weighted by Crippen LogP contribution is 2.40.